The minimum atomic E-state index is -0.564. The number of esters is 2. The second kappa shape index (κ2) is 5.18. The fourth-order valence-electron chi connectivity index (χ4n) is 1.47. The summed E-state index contributed by atoms with van der Waals surface area (Å²) < 4.78 is 10.3. The van der Waals surface area contributed by atoms with Gasteiger partial charge in [0.1, 0.15) is 5.76 Å². The summed E-state index contributed by atoms with van der Waals surface area (Å²) in [6, 6.07) is 7.23. The maximum absolute atomic E-state index is 11.6. The van der Waals surface area contributed by atoms with E-state index in [1.165, 1.54) is 13.2 Å². The van der Waals surface area contributed by atoms with Gasteiger partial charge in [0.15, 0.2) is 0 Å². The number of ether oxygens (including phenoxy) is 2. The minimum absolute atomic E-state index is 0.185. The summed E-state index contributed by atoms with van der Waals surface area (Å²) in [4.78, 5) is 22.7. The Bertz CT molecular complexity index is 555. The molecule has 0 radical (unpaired) electrons. The number of cyclic esters (lactones) is 1. The number of hydrogen-bond acceptors (Lipinski definition) is 4. The molecule has 5 heteroatoms. The molecule has 0 fully saturated rings. The largest absolute Gasteiger partial charge is 0.466 e. The van der Waals surface area contributed by atoms with E-state index in [1.807, 2.05) is 12.1 Å². The molecule has 0 amide bonds. The number of hydrogen-bond donors (Lipinski definition) is 0. The van der Waals surface area contributed by atoms with Gasteiger partial charge in [0.05, 0.1) is 18.8 Å². The summed E-state index contributed by atoms with van der Waals surface area (Å²) in [6.45, 7) is 0. The number of methoxy groups -OCH3 is 1. The maximum Gasteiger partial charge on any atom is 0.344 e. The van der Waals surface area contributed by atoms with Crippen LogP contribution in [0.5, 0.6) is 0 Å². The van der Waals surface area contributed by atoms with E-state index < -0.39 is 11.9 Å². The van der Waals surface area contributed by atoms with Crippen molar-refractivity contribution in [1.29, 1.82) is 0 Å². The molecule has 4 nitrogen and oxygen atoms in total. The van der Waals surface area contributed by atoms with Crippen LogP contribution in [0.4, 0.5) is 0 Å². The van der Waals surface area contributed by atoms with E-state index in [0.717, 1.165) is 16.1 Å². The highest BCUT2D eigenvalue weighted by Gasteiger charge is 2.23. The van der Waals surface area contributed by atoms with Gasteiger partial charge in [-0.05, 0) is 23.8 Å². The molecule has 0 unspecified atom stereocenters. The molecule has 0 atom stereocenters. The Kier molecular flexibility index (Phi) is 3.62. The molecular weight excluding hydrogens is 300 g/mol. The molecule has 1 aliphatic rings. The summed E-state index contributed by atoms with van der Waals surface area (Å²) in [5.41, 5.74) is 1.15. The Morgan fingerprint density at radius 2 is 2.00 bits per heavy atom. The second-order valence-corrected chi connectivity index (χ2v) is 4.44. The van der Waals surface area contributed by atoms with Gasteiger partial charge in [-0.15, -0.1) is 0 Å². The van der Waals surface area contributed by atoms with E-state index in [-0.39, 0.29) is 5.76 Å². The fraction of sp³-hybridized carbons (Fsp3) is 0.0769. The molecule has 2 rings (SSSR count). The van der Waals surface area contributed by atoms with Gasteiger partial charge in [-0.25, -0.2) is 9.59 Å². The zero-order valence-electron chi connectivity index (χ0n) is 9.48. The molecule has 1 heterocycles. The summed E-state index contributed by atoms with van der Waals surface area (Å²) in [6.07, 6.45) is 2.65. The van der Waals surface area contributed by atoms with Crippen molar-refractivity contribution in [3.8, 4) is 0 Å². The first-order chi connectivity index (χ1) is 8.60. The van der Waals surface area contributed by atoms with Gasteiger partial charge in [-0.3, -0.25) is 0 Å². The van der Waals surface area contributed by atoms with E-state index >= 15 is 0 Å². The molecule has 18 heavy (non-hydrogen) atoms. The molecule has 1 aromatic carbocycles. The Hall–Kier alpha value is -1.88. The summed E-state index contributed by atoms with van der Waals surface area (Å²) in [5.74, 6) is -0.858. The average Bonchev–Trinajstić information content (AvgIpc) is 2.71. The molecule has 0 aromatic heterocycles. The standard InChI is InChI=1S/C13H9BrO4/c1-17-12(15)7-10-6-11(13(16)18-10)8-2-4-9(14)5-3-8/h2-7H,1H3/b10-7+. The number of rotatable bonds is 2. The lowest BCUT2D eigenvalue weighted by molar-refractivity contribution is -0.135. The van der Waals surface area contributed by atoms with Crippen LogP contribution in [0.1, 0.15) is 5.56 Å². The smallest absolute Gasteiger partial charge is 0.344 e. The number of carbonyl (C=O) groups excluding carboxylic acids is 2. The number of carbonyl (C=O) groups is 2. The van der Waals surface area contributed by atoms with E-state index in [1.54, 1.807) is 12.1 Å². The van der Waals surface area contributed by atoms with Gasteiger partial charge in [0, 0.05) is 4.47 Å². The molecule has 1 aromatic rings. The Morgan fingerprint density at radius 3 is 2.61 bits per heavy atom. The van der Waals surface area contributed by atoms with Gasteiger partial charge in [0.2, 0.25) is 0 Å². The summed E-state index contributed by atoms with van der Waals surface area (Å²) in [5, 5.41) is 0. The van der Waals surface area contributed by atoms with Crippen LogP contribution in [-0.4, -0.2) is 19.0 Å². The van der Waals surface area contributed by atoms with Crippen molar-refractivity contribution < 1.29 is 19.1 Å². The number of allylic oxidation sites excluding steroid dienone is 1. The average molecular weight is 309 g/mol. The van der Waals surface area contributed by atoms with Crippen LogP contribution in [0.25, 0.3) is 5.57 Å². The predicted molar refractivity (Wildman–Crippen MR) is 68.3 cm³/mol. The Morgan fingerprint density at radius 1 is 1.33 bits per heavy atom. The third-order valence-electron chi connectivity index (χ3n) is 2.33. The minimum Gasteiger partial charge on any atom is -0.466 e. The van der Waals surface area contributed by atoms with Gasteiger partial charge >= 0.3 is 11.9 Å². The third kappa shape index (κ3) is 2.68. The van der Waals surface area contributed by atoms with Crippen molar-refractivity contribution in [1.82, 2.24) is 0 Å². The fourth-order valence-corrected chi connectivity index (χ4v) is 1.73. The first kappa shape index (κ1) is 12.6. The number of halogens is 1. The molecule has 0 aliphatic carbocycles. The van der Waals surface area contributed by atoms with Crippen molar-refractivity contribution in [3.05, 3.63) is 52.2 Å². The molecule has 1 aliphatic heterocycles. The maximum atomic E-state index is 11.6. The normalized spacial score (nSPS) is 16.4. The van der Waals surface area contributed by atoms with E-state index in [4.69, 9.17) is 4.74 Å². The van der Waals surface area contributed by atoms with Crippen LogP contribution < -0.4 is 0 Å². The monoisotopic (exact) mass is 308 g/mol. The molecule has 0 spiro atoms. The van der Waals surface area contributed by atoms with Crippen LogP contribution in [0, 0.1) is 0 Å². The van der Waals surface area contributed by atoms with Crippen LogP contribution in [0.15, 0.2) is 46.6 Å². The molecule has 0 saturated carbocycles. The highest BCUT2D eigenvalue weighted by Crippen LogP contribution is 2.26. The second-order valence-electron chi connectivity index (χ2n) is 3.52. The van der Waals surface area contributed by atoms with Crippen LogP contribution in [-0.2, 0) is 19.1 Å². The van der Waals surface area contributed by atoms with Crippen molar-refractivity contribution >= 4 is 33.4 Å². The molecule has 0 N–H and O–H groups in total. The third-order valence-corrected chi connectivity index (χ3v) is 2.86. The van der Waals surface area contributed by atoms with Gasteiger partial charge in [-0.1, -0.05) is 28.1 Å². The zero-order valence-corrected chi connectivity index (χ0v) is 11.1. The lowest BCUT2D eigenvalue weighted by Crippen LogP contribution is -2.00. The predicted octanol–water partition coefficient (Wildman–Crippen LogP) is 2.45. The van der Waals surface area contributed by atoms with Crippen LogP contribution in [0.3, 0.4) is 0 Å². The molecular formula is C13H9BrO4. The quantitative estimate of drug-likeness (QED) is 0.622. The Balaban J connectivity index is 2.31. The van der Waals surface area contributed by atoms with Gasteiger partial charge in [0.25, 0.3) is 0 Å². The van der Waals surface area contributed by atoms with E-state index in [9.17, 15) is 9.59 Å². The zero-order chi connectivity index (χ0) is 13.1. The highest BCUT2D eigenvalue weighted by molar-refractivity contribution is 9.10. The van der Waals surface area contributed by atoms with Crippen LogP contribution >= 0.6 is 15.9 Å². The summed E-state index contributed by atoms with van der Waals surface area (Å²) >= 11 is 3.31. The molecule has 92 valence electrons. The first-order valence-corrected chi connectivity index (χ1v) is 5.89. The van der Waals surface area contributed by atoms with Crippen molar-refractivity contribution in [2.45, 2.75) is 0 Å². The first-order valence-electron chi connectivity index (χ1n) is 5.09. The molecule has 0 saturated heterocycles. The van der Waals surface area contributed by atoms with Crippen molar-refractivity contribution in [3.63, 3.8) is 0 Å². The van der Waals surface area contributed by atoms with Crippen LogP contribution in [0.2, 0.25) is 0 Å². The topological polar surface area (TPSA) is 52.6 Å². The molecule has 0 bridgehead atoms. The Labute approximate surface area is 112 Å². The lowest BCUT2D eigenvalue weighted by atomic mass is 10.1. The number of benzene rings is 1. The highest BCUT2D eigenvalue weighted by atomic mass is 79.9. The van der Waals surface area contributed by atoms with Crippen molar-refractivity contribution in [2.24, 2.45) is 0 Å². The van der Waals surface area contributed by atoms with E-state index in [2.05, 4.69) is 20.7 Å². The van der Waals surface area contributed by atoms with Gasteiger partial charge < -0.3 is 9.47 Å². The SMILES string of the molecule is COC(=O)/C=C1\C=C(c2ccc(Br)cc2)C(=O)O1. The van der Waals surface area contributed by atoms with Crippen molar-refractivity contribution in [2.75, 3.05) is 7.11 Å². The van der Waals surface area contributed by atoms with E-state index in [0.29, 0.717) is 5.57 Å². The lowest BCUT2D eigenvalue weighted by Gasteiger charge is -1.99. The van der Waals surface area contributed by atoms with Gasteiger partial charge in [-0.2, -0.15) is 0 Å². The summed E-state index contributed by atoms with van der Waals surface area (Å²) in [7, 11) is 1.26.